The van der Waals surface area contributed by atoms with Crippen LogP contribution in [0.3, 0.4) is 0 Å². The van der Waals surface area contributed by atoms with Gasteiger partial charge in [-0.3, -0.25) is 0 Å². The van der Waals surface area contributed by atoms with Crippen LogP contribution in [0.2, 0.25) is 0 Å². The minimum atomic E-state index is -0.440. The van der Waals surface area contributed by atoms with Gasteiger partial charge in [-0.25, -0.2) is 15.0 Å². The van der Waals surface area contributed by atoms with E-state index in [1.54, 1.807) is 0 Å². The standard InChI is InChI=1S/C54H33N3/c1-33-39-21-7-8-24-42(39)50-49(33)44-25-10-12-28-47(44)54(50)46-27-11-9-23-41(46)45-32-37(29-30-48(45)54)36-19-13-20-38(31-36)52-55-51(35-16-3-2-4-17-35)56-53(57-52)43-26-14-18-34-15-5-6-22-40(34)43/h2-32H,1H2. The van der Waals surface area contributed by atoms with E-state index in [0.717, 1.165) is 44.2 Å². The van der Waals surface area contributed by atoms with Crippen LogP contribution in [-0.4, -0.2) is 15.0 Å². The summed E-state index contributed by atoms with van der Waals surface area (Å²) in [6, 6.07) is 67.3. The average molecular weight is 724 g/mol. The summed E-state index contributed by atoms with van der Waals surface area (Å²) in [5.74, 6) is 1.94. The molecule has 264 valence electrons. The summed E-state index contributed by atoms with van der Waals surface area (Å²) < 4.78 is 0. The van der Waals surface area contributed by atoms with E-state index in [1.807, 2.05) is 18.2 Å². The van der Waals surface area contributed by atoms with Crippen molar-refractivity contribution in [1.29, 1.82) is 0 Å². The van der Waals surface area contributed by atoms with Crippen LogP contribution in [0, 0.1) is 0 Å². The van der Waals surface area contributed by atoms with E-state index in [9.17, 15) is 0 Å². The zero-order valence-electron chi connectivity index (χ0n) is 30.9. The molecule has 0 saturated heterocycles. The number of fused-ring (bicyclic) bond motifs is 12. The molecule has 0 aliphatic heterocycles. The highest BCUT2D eigenvalue weighted by Crippen LogP contribution is 2.68. The van der Waals surface area contributed by atoms with E-state index in [1.165, 1.54) is 55.7 Å². The van der Waals surface area contributed by atoms with Gasteiger partial charge in [-0.05, 0) is 95.3 Å². The number of hydrogen-bond donors (Lipinski definition) is 0. The van der Waals surface area contributed by atoms with Gasteiger partial charge in [-0.2, -0.15) is 0 Å². The fraction of sp³-hybridized carbons (Fsp3) is 0.0185. The van der Waals surface area contributed by atoms with Gasteiger partial charge in [-0.1, -0.05) is 183 Å². The monoisotopic (exact) mass is 723 g/mol. The lowest BCUT2D eigenvalue weighted by atomic mass is 9.68. The number of nitrogens with zero attached hydrogens (tertiary/aromatic N) is 3. The SMILES string of the molecule is C=C1C2=C(c3ccccc31)C1(c3ccccc32)c2ccccc2-c2cc(-c3cccc(-c4nc(-c5ccccc5)nc(-c5cccc6ccccc56)n4)c3)ccc21. The summed E-state index contributed by atoms with van der Waals surface area (Å²) in [5, 5.41) is 2.26. The average Bonchev–Trinajstić information content (AvgIpc) is 3.87. The molecule has 12 rings (SSSR count). The Morgan fingerprint density at radius 3 is 1.74 bits per heavy atom. The lowest BCUT2D eigenvalue weighted by molar-refractivity contribution is 0.842. The van der Waals surface area contributed by atoms with Gasteiger partial charge in [0, 0.05) is 16.7 Å². The number of rotatable bonds is 4. The van der Waals surface area contributed by atoms with Gasteiger partial charge in [0.25, 0.3) is 0 Å². The highest BCUT2D eigenvalue weighted by molar-refractivity contribution is 6.28. The molecule has 0 bridgehead atoms. The summed E-state index contributed by atoms with van der Waals surface area (Å²) in [6.45, 7) is 4.68. The highest BCUT2D eigenvalue weighted by atomic mass is 15.0. The largest absolute Gasteiger partial charge is 0.208 e. The molecule has 3 aliphatic carbocycles. The summed E-state index contributed by atoms with van der Waals surface area (Å²) in [5.41, 5.74) is 18.7. The Bertz CT molecular complexity index is 3200. The van der Waals surface area contributed by atoms with Crippen molar-refractivity contribution in [2.24, 2.45) is 0 Å². The van der Waals surface area contributed by atoms with Crippen molar-refractivity contribution >= 4 is 27.5 Å². The highest BCUT2D eigenvalue weighted by Gasteiger charge is 2.55. The molecule has 3 nitrogen and oxygen atoms in total. The number of benzene rings is 8. The molecule has 9 aromatic rings. The third-order valence-corrected chi connectivity index (χ3v) is 12.2. The van der Waals surface area contributed by atoms with Gasteiger partial charge < -0.3 is 0 Å². The second kappa shape index (κ2) is 12.0. The van der Waals surface area contributed by atoms with E-state index in [-0.39, 0.29) is 0 Å². The fourth-order valence-electron chi connectivity index (χ4n) is 9.86. The first kappa shape index (κ1) is 31.8. The quantitative estimate of drug-likeness (QED) is 0.181. The summed E-state index contributed by atoms with van der Waals surface area (Å²) >= 11 is 0. The Labute approximate surface area is 331 Å². The zero-order valence-corrected chi connectivity index (χ0v) is 30.9. The Morgan fingerprint density at radius 1 is 0.351 bits per heavy atom. The zero-order chi connectivity index (χ0) is 37.7. The molecule has 1 aromatic heterocycles. The molecule has 0 N–H and O–H groups in total. The molecule has 1 heterocycles. The summed E-state index contributed by atoms with van der Waals surface area (Å²) in [6.07, 6.45) is 0. The van der Waals surface area contributed by atoms with Crippen LogP contribution in [0.4, 0.5) is 0 Å². The molecule has 0 amide bonds. The van der Waals surface area contributed by atoms with Crippen molar-refractivity contribution < 1.29 is 0 Å². The van der Waals surface area contributed by atoms with E-state index in [4.69, 9.17) is 15.0 Å². The maximum atomic E-state index is 5.16. The van der Waals surface area contributed by atoms with Crippen molar-refractivity contribution in [2.45, 2.75) is 5.41 Å². The molecule has 3 heteroatoms. The number of hydrogen-bond acceptors (Lipinski definition) is 3. The molecule has 0 radical (unpaired) electrons. The molecule has 1 spiro atoms. The summed E-state index contributed by atoms with van der Waals surface area (Å²) in [4.78, 5) is 15.3. The molecule has 3 aliphatic rings. The normalized spacial score (nSPS) is 15.8. The molecule has 1 atom stereocenters. The molecular weight excluding hydrogens is 691 g/mol. The predicted octanol–water partition coefficient (Wildman–Crippen LogP) is 13.0. The van der Waals surface area contributed by atoms with Crippen LogP contribution >= 0.6 is 0 Å². The van der Waals surface area contributed by atoms with Crippen LogP contribution in [0.1, 0.15) is 33.4 Å². The Hall–Kier alpha value is -7.49. The van der Waals surface area contributed by atoms with Gasteiger partial charge >= 0.3 is 0 Å². The predicted molar refractivity (Wildman–Crippen MR) is 233 cm³/mol. The minimum Gasteiger partial charge on any atom is -0.208 e. The van der Waals surface area contributed by atoms with Crippen molar-refractivity contribution in [3.05, 3.63) is 228 Å². The van der Waals surface area contributed by atoms with Gasteiger partial charge in [0.2, 0.25) is 0 Å². The summed E-state index contributed by atoms with van der Waals surface area (Å²) in [7, 11) is 0. The van der Waals surface area contributed by atoms with Crippen LogP contribution < -0.4 is 0 Å². The number of aromatic nitrogens is 3. The molecule has 0 saturated carbocycles. The Kier molecular flexibility index (Phi) is 6.70. The van der Waals surface area contributed by atoms with Gasteiger partial charge in [0.1, 0.15) is 0 Å². The van der Waals surface area contributed by atoms with E-state index >= 15 is 0 Å². The Morgan fingerprint density at radius 2 is 0.895 bits per heavy atom. The number of allylic oxidation sites excluding steroid dienone is 3. The third kappa shape index (κ3) is 4.45. The van der Waals surface area contributed by atoms with Crippen LogP contribution in [-0.2, 0) is 5.41 Å². The second-order valence-electron chi connectivity index (χ2n) is 15.2. The van der Waals surface area contributed by atoms with E-state index in [2.05, 4.69) is 176 Å². The lowest BCUT2D eigenvalue weighted by Crippen LogP contribution is -2.26. The fourth-order valence-corrected chi connectivity index (χ4v) is 9.86. The van der Waals surface area contributed by atoms with E-state index in [0.29, 0.717) is 17.5 Å². The molecule has 1 unspecified atom stereocenters. The van der Waals surface area contributed by atoms with Crippen LogP contribution in [0.15, 0.2) is 195 Å². The van der Waals surface area contributed by atoms with Crippen molar-refractivity contribution in [3.8, 4) is 56.4 Å². The maximum absolute atomic E-state index is 5.16. The van der Waals surface area contributed by atoms with E-state index < -0.39 is 5.41 Å². The minimum absolute atomic E-state index is 0.440. The molecular formula is C54H33N3. The van der Waals surface area contributed by atoms with Gasteiger partial charge in [-0.15, -0.1) is 0 Å². The van der Waals surface area contributed by atoms with Crippen LogP contribution in [0.25, 0.3) is 83.9 Å². The van der Waals surface area contributed by atoms with Gasteiger partial charge in [0.15, 0.2) is 17.5 Å². The molecule has 57 heavy (non-hydrogen) atoms. The maximum Gasteiger partial charge on any atom is 0.164 e. The molecule has 8 aromatic carbocycles. The Balaban J connectivity index is 1.03. The second-order valence-corrected chi connectivity index (χ2v) is 15.2. The van der Waals surface area contributed by atoms with Crippen molar-refractivity contribution in [1.82, 2.24) is 15.0 Å². The molecule has 0 fully saturated rings. The smallest absolute Gasteiger partial charge is 0.164 e. The first-order valence-electron chi connectivity index (χ1n) is 19.5. The van der Waals surface area contributed by atoms with Crippen LogP contribution in [0.5, 0.6) is 0 Å². The van der Waals surface area contributed by atoms with Crippen molar-refractivity contribution in [3.63, 3.8) is 0 Å². The topological polar surface area (TPSA) is 38.7 Å². The first-order valence-corrected chi connectivity index (χ1v) is 19.5. The van der Waals surface area contributed by atoms with Crippen molar-refractivity contribution in [2.75, 3.05) is 0 Å². The lowest BCUT2D eigenvalue weighted by Gasteiger charge is -2.33. The first-order chi connectivity index (χ1) is 28.2. The third-order valence-electron chi connectivity index (χ3n) is 12.2. The van der Waals surface area contributed by atoms with Gasteiger partial charge in [0.05, 0.1) is 5.41 Å².